The summed E-state index contributed by atoms with van der Waals surface area (Å²) in [5.74, 6) is -1.82. The zero-order chi connectivity index (χ0) is 26.0. The van der Waals surface area contributed by atoms with Gasteiger partial charge in [0.15, 0.2) is 9.84 Å². The van der Waals surface area contributed by atoms with Crippen LogP contribution in [0.25, 0.3) is 0 Å². The average molecular weight is 503 g/mol. The fourth-order valence-corrected chi connectivity index (χ4v) is 4.76. The third-order valence-electron chi connectivity index (χ3n) is 5.98. The number of carboxylic acid groups (broad SMARTS) is 1. The van der Waals surface area contributed by atoms with E-state index in [4.69, 9.17) is 5.11 Å². The maximum Gasteiger partial charge on any atom is 0.303 e. The van der Waals surface area contributed by atoms with Crippen molar-refractivity contribution >= 4 is 33.3 Å². The predicted octanol–water partition coefficient (Wildman–Crippen LogP) is 2.64. The number of nitrogens with one attached hydrogen (secondary N) is 1. The number of nitrogens with zero attached hydrogens (tertiary/aromatic N) is 1. The van der Waals surface area contributed by atoms with E-state index < -0.39 is 33.4 Å². The summed E-state index contributed by atoms with van der Waals surface area (Å²) >= 11 is 0. The Bertz CT molecular complexity index is 1230. The molecule has 0 spiro atoms. The first kappa shape index (κ1) is 26.4. The molecule has 188 valence electrons. The normalized spacial score (nSPS) is 15.9. The van der Waals surface area contributed by atoms with Crippen LogP contribution in [0.3, 0.4) is 0 Å². The van der Waals surface area contributed by atoms with Gasteiger partial charge in [-0.15, -0.1) is 0 Å². The first-order chi connectivity index (χ1) is 16.3. The molecule has 1 aliphatic heterocycles. The molecule has 0 saturated heterocycles. The van der Waals surface area contributed by atoms with Gasteiger partial charge in [0, 0.05) is 31.3 Å². The van der Waals surface area contributed by atoms with E-state index in [1.54, 1.807) is 44.2 Å². The van der Waals surface area contributed by atoms with Crippen molar-refractivity contribution in [2.75, 3.05) is 18.1 Å². The van der Waals surface area contributed by atoms with Crippen molar-refractivity contribution in [2.24, 2.45) is 0 Å². The van der Waals surface area contributed by atoms with Gasteiger partial charge >= 0.3 is 5.97 Å². The van der Waals surface area contributed by atoms with Crippen LogP contribution in [-0.4, -0.2) is 54.1 Å². The van der Waals surface area contributed by atoms with Gasteiger partial charge in [0.1, 0.15) is 6.04 Å². The van der Waals surface area contributed by atoms with Crippen LogP contribution in [0.5, 0.6) is 0 Å². The molecule has 0 aromatic heterocycles. The minimum atomic E-state index is -3.45. The molecule has 10 heteroatoms. The smallest absolute Gasteiger partial charge is 0.303 e. The van der Waals surface area contributed by atoms with Crippen molar-refractivity contribution in [2.45, 2.75) is 56.1 Å². The summed E-state index contributed by atoms with van der Waals surface area (Å²) in [5, 5.41) is 21.8. The van der Waals surface area contributed by atoms with E-state index in [1.165, 1.54) is 17.0 Å². The molecule has 35 heavy (non-hydrogen) atoms. The van der Waals surface area contributed by atoms with Crippen molar-refractivity contribution < 1.29 is 33.0 Å². The molecule has 2 aromatic rings. The van der Waals surface area contributed by atoms with Gasteiger partial charge in [0.05, 0.1) is 10.5 Å². The summed E-state index contributed by atoms with van der Waals surface area (Å²) in [6, 6.07) is 10.2. The summed E-state index contributed by atoms with van der Waals surface area (Å²) in [7, 11) is -3.45. The number of aliphatic hydroxyl groups is 1. The first-order valence-corrected chi connectivity index (χ1v) is 13.1. The third kappa shape index (κ3) is 6.46. The number of carbonyl (C=O) groups excluding carboxylic acids is 2. The number of fused-ring (bicyclic) bond motifs is 1. The first-order valence-electron chi connectivity index (χ1n) is 11.3. The number of hydrogen-bond acceptors (Lipinski definition) is 6. The predicted molar refractivity (Wildman–Crippen MR) is 130 cm³/mol. The lowest BCUT2D eigenvalue weighted by atomic mass is 9.91. The van der Waals surface area contributed by atoms with E-state index >= 15 is 0 Å². The monoisotopic (exact) mass is 502 g/mol. The Kier molecular flexibility index (Phi) is 7.66. The van der Waals surface area contributed by atoms with E-state index in [1.807, 2.05) is 0 Å². The number of benzene rings is 2. The van der Waals surface area contributed by atoms with E-state index in [2.05, 4.69) is 5.32 Å². The fraction of sp³-hybridized carbons (Fsp3) is 0.400. The zero-order valence-corrected chi connectivity index (χ0v) is 20.8. The summed E-state index contributed by atoms with van der Waals surface area (Å²) in [6.45, 7) is 3.50. The topological polar surface area (TPSA) is 141 Å². The van der Waals surface area contributed by atoms with Crippen molar-refractivity contribution in [3.8, 4) is 0 Å². The van der Waals surface area contributed by atoms with E-state index in [0.29, 0.717) is 28.8 Å². The Morgan fingerprint density at radius 3 is 2.31 bits per heavy atom. The second-order valence-corrected chi connectivity index (χ2v) is 11.3. The maximum atomic E-state index is 13.4. The number of carbonyl (C=O) groups is 3. The van der Waals surface area contributed by atoms with Crippen LogP contribution >= 0.6 is 0 Å². The number of carboxylic acids is 1. The van der Waals surface area contributed by atoms with E-state index in [9.17, 15) is 27.9 Å². The molecule has 0 saturated carbocycles. The molecule has 1 aliphatic rings. The molecule has 3 rings (SSSR count). The minimum absolute atomic E-state index is 0.0207. The summed E-state index contributed by atoms with van der Waals surface area (Å²) in [5.41, 5.74) is 1.30. The van der Waals surface area contributed by atoms with Gasteiger partial charge in [0.2, 0.25) is 5.91 Å². The third-order valence-corrected chi connectivity index (χ3v) is 7.09. The fourth-order valence-electron chi connectivity index (χ4n) is 4.09. The number of rotatable bonds is 8. The molecular weight excluding hydrogens is 472 g/mol. The molecule has 0 aliphatic carbocycles. The molecule has 2 aromatic carbocycles. The number of hydrogen-bond donors (Lipinski definition) is 3. The molecule has 9 nitrogen and oxygen atoms in total. The van der Waals surface area contributed by atoms with Crippen LogP contribution in [0.4, 0.5) is 5.69 Å². The lowest BCUT2D eigenvalue weighted by Gasteiger charge is -2.36. The molecule has 0 bridgehead atoms. The Morgan fingerprint density at radius 1 is 1.09 bits per heavy atom. The molecule has 1 heterocycles. The van der Waals surface area contributed by atoms with Crippen LogP contribution in [0.15, 0.2) is 47.4 Å². The van der Waals surface area contributed by atoms with Gasteiger partial charge < -0.3 is 20.4 Å². The van der Waals surface area contributed by atoms with Crippen molar-refractivity contribution in [1.29, 1.82) is 0 Å². The minimum Gasteiger partial charge on any atom is -0.481 e. The van der Waals surface area contributed by atoms with Gasteiger partial charge in [-0.25, -0.2) is 8.42 Å². The highest BCUT2D eigenvalue weighted by Crippen LogP contribution is 2.33. The van der Waals surface area contributed by atoms with Crippen LogP contribution in [0.1, 0.15) is 55.8 Å². The summed E-state index contributed by atoms with van der Waals surface area (Å²) in [4.78, 5) is 38.8. The number of aliphatic carboxylic acids is 1. The van der Waals surface area contributed by atoms with Gasteiger partial charge in [-0.05, 0) is 67.6 Å². The molecule has 1 unspecified atom stereocenters. The maximum absolute atomic E-state index is 13.4. The SMILES string of the molecule is CC(C)(O)c1ccc(NC(=O)C2c3ccc(S(C)(=O)=O)cc3CCN2C(=O)CCCC(=O)O)cc1. The van der Waals surface area contributed by atoms with Crippen LogP contribution in [0.2, 0.25) is 0 Å². The molecule has 0 radical (unpaired) electrons. The number of amides is 2. The van der Waals surface area contributed by atoms with Gasteiger partial charge in [-0.1, -0.05) is 18.2 Å². The second-order valence-electron chi connectivity index (χ2n) is 9.25. The lowest BCUT2D eigenvalue weighted by molar-refractivity contribution is -0.140. The Hall–Kier alpha value is -3.24. The molecule has 3 N–H and O–H groups in total. The standard InChI is InChI=1S/C25H30N2O7S/c1-25(2,32)17-7-9-18(10-8-17)26-24(31)23-20-12-11-19(35(3,33)34)15-16(20)13-14-27(23)21(28)5-4-6-22(29)30/h7-12,15,23,32H,4-6,13-14H2,1-3H3,(H,26,31)(H,29,30). The quantitative estimate of drug-likeness (QED) is 0.504. The highest BCUT2D eigenvalue weighted by atomic mass is 32.2. The van der Waals surface area contributed by atoms with Gasteiger partial charge in [0.25, 0.3) is 5.91 Å². The molecule has 0 fully saturated rings. The highest BCUT2D eigenvalue weighted by Gasteiger charge is 2.36. The number of anilines is 1. The average Bonchev–Trinajstić information content (AvgIpc) is 2.76. The Balaban J connectivity index is 1.92. The molecule has 2 amide bonds. The zero-order valence-electron chi connectivity index (χ0n) is 19.9. The summed E-state index contributed by atoms with van der Waals surface area (Å²) < 4.78 is 24.0. The van der Waals surface area contributed by atoms with E-state index in [-0.39, 0.29) is 36.6 Å². The Morgan fingerprint density at radius 2 is 1.74 bits per heavy atom. The summed E-state index contributed by atoms with van der Waals surface area (Å²) in [6.07, 6.45) is 1.45. The van der Waals surface area contributed by atoms with Crippen molar-refractivity contribution in [1.82, 2.24) is 4.90 Å². The van der Waals surface area contributed by atoms with Gasteiger partial charge in [-0.3, -0.25) is 14.4 Å². The number of sulfone groups is 1. The largest absolute Gasteiger partial charge is 0.481 e. The van der Waals surface area contributed by atoms with Crippen LogP contribution < -0.4 is 5.32 Å². The lowest BCUT2D eigenvalue weighted by Crippen LogP contribution is -2.45. The van der Waals surface area contributed by atoms with Crippen LogP contribution in [-0.2, 0) is 36.2 Å². The van der Waals surface area contributed by atoms with Crippen molar-refractivity contribution in [3.63, 3.8) is 0 Å². The Labute approximate surface area is 204 Å². The second kappa shape index (κ2) is 10.2. The van der Waals surface area contributed by atoms with E-state index in [0.717, 1.165) is 6.26 Å². The van der Waals surface area contributed by atoms with Crippen molar-refractivity contribution in [3.05, 3.63) is 59.2 Å². The van der Waals surface area contributed by atoms with Gasteiger partial charge in [-0.2, -0.15) is 0 Å². The highest BCUT2D eigenvalue weighted by molar-refractivity contribution is 7.90. The van der Waals surface area contributed by atoms with Crippen LogP contribution in [0, 0.1) is 0 Å². The molecule has 1 atom stereocenters. The molecular formula is C25H30N2O7S.